The van der Waals surface area contributed by atoms with Gasteiger partial charge in [0.05, 0.1) is 12.4 Å². The van der Waals surface area contributed by atoms with Gasteiger partial charge in [-0.25, -0.2) is 0 Å². The van der Waals surface area contributed by atoms with E-state index in [4.69, 9.17) is 4.74 Å². The highest BCUT2D eigenvalue weighted by Crippen LogP contribution is 2.39. The molecule has 2 saturated heterocycles. The number of carbonyl (C=O) groups excluding carboxylic acids is 1. The van der Waals surface area contributed by atoms with Gasteiger partial charge in [-0.05, 0) is 44.6 Å². The molecule has 2 aliphatic heterocycles. The Morgan fingerprint density at radius 2 is 1.84 bits per heavy atom. The fourth-order valence-electron chi connectivity index (χ4n) is 3.40. The van der Waals surface area contributed by atoms with Crippen LogP contribution in [0.5, 0.6) is 5.75 Å². The zero-order valence-electron chi connectivity index (χ0n) is 15.3. The SMILES string of the molecule is CCOc1ccc(C2SCC(=O)N2CCCN2CCN(C)CC2)cc1. The maximum absolute atomic E-state index is 12.3. The molecule has 5 nitrogen and oxygen atoms in total. The predicted molar refractivity (Wildman–Crippen MR) is 103 cm³/mol. The summed E-state index contributed by atoms with van der Waals surface area (Å²) in [4.78, 5) is 19.3. The van der Waals surface area contributed by atoms with E-state index in [1.54, 1.807) is 11.8 Å². The average molecular weight is 364 g/mol. The van der Waals surface area contributed by atoms with E-state index >= 15 is 0 Å². The second-order valence-corrected chi connectivity index (χ2v) is 7.82. The minimum Gasteiger partial charge on any atom is -0.494 e. The van der Waals surface area contributed by atoms with Gasteiger partial charge in [-0.2, -0.15) is 0 Å². The maximum atomic E-state index is 12.3. The van der Waals surface area contributed by atoms with Crippen LogP contribution in [0.25, 0.3) is 0 Å². The molecule has 2 aliphatic rings. The van der Waals surface area contributed by atoms with Gasteiger partial charge in [0.2, 0.25) is 5.91 Å². The molecule has 6 heteroatoms. The van der Waals surface area contributed by atoms with Crippen molar-refractivity contribution in [3.8, 4) is 5.75 Å². The highest BCUT2D eigenvalue weighted by atomic mass is 32.2. The number of nitrogens with zero attached hydrogens (tertiary/aromatic N) is 3. The first-order chi connectivity index (χ1) is 12.2. The van der Waals surface area contributed by atoms with Crippen molar-refractivity contribution in [3.63, 3.8) is 0 Å². The predicted octanol–water partition coefficient (Wildman–Crippen LogP) is 2.30. The molecule has 1 amide bonds. The topological polar surface area (TPSA) is 36.0 Å². The first kappa shape index (κ1) is 18.5. The summed E-state index contributed by atoms with van der Waals surface area (Å²) in [6, 6.07) is 8.19. The van der Waals surface area contributed by atoms with Crippen LogP contribution in [-0.2, 0) is 4.79 Å². The van der Waals surface area contributed by atoms with Crippen LogP contribution in [-0.4, -0.2) is 79.3 Å². The van der Waals surface area contributed by atoms with Gasteiger partial charge in [-0.15, -0.1) is 11.8 Å². The van der Waals surface area contributed by atoms with Crippen molar-refractivity contribution in [1.29, 1.82) is 0 Å². The molecule has 0 N–H and O–H groups in total. The Labute approximate surface area is 155 Å². The van der Waals surface area contributed by atoms with Crippen LogP contribution >= 0.6 is 11.8 Å². The summed E-state index contributed by atoms with van der Waals surface area (Å²) < 4.78 is 5.51. The monoisotopic (exact) mass is 363 g/mol. The van der Waals surface area contributed by atoms with Crippen molar-refractivity contribution in [2.45, 2.75) is 18.7 Å². The zero-order valence-corrected chi connectivity index (χ0v) is 16.1. The highest BCUT2D eigenvalue weighted by molar-refractivity contribution is 8.00. The molecule has 2 fully saturated rings. The Morgan fingerprint density at radius 1 is 1.12 bits per heavy atom. The van der Waals surface area contributed by atoms with Crippen LogP contribution in [0, 0.1) is 0 Å². The smallest absolute Gasteiger partial charge is 0.233 e. The van der Waals surface area contributed by atoms with Crippen LogP contribution in [0.1, 0.15) is 24.3 Å². The molecule has 0 aliphatic carbocycles. The Hall–Kier alpha value is -1.24. The van der Waals surface area contributed by atoms with E-state index in [1.807, 2.05) is 19.1 Å². The Kier molecular flexibility index (Phi) is 6.62. The van der Waals surface area contributed by atoms with Crippen LogP contribution in [0.2, 0.25) is 0 Å². The molecule has 3 rings (SSSR count). The lowest BCUT2D eigenvalue weighted by Gasteiger charge is -2.33. The van der Waals surface area contributed by atoms with Crippen molar-refractivity contribution in [1.82, 2.24) is 14.7 Å². The summed E-state index contributed by atoms with van der Waals surface area (Å²) in [6.07, 6.45) is 1.05. The number of piperazine rings is 1. The van der Waals surface area contributed by atoms with Crippen LogP contribution in [0.4, 0.5) is 0 Å². The first-order valence-corrected chi connectivity index (χ1v) is 10.3. The van der Waals surface area contributed by atoms with Crippen molar-refractivity contribution >= 4 is 17.7 Å². The van der Waals surface area contributed by atoms with E-state index in [0.717, 1.165) is 51.4 Å². The van der Waals surface area contributed by atoms with E-state index in [2.05, 4.69) is 33.9 Å². The summed E-state index contributed by atoms with van der Waals surface area (Å²) in [7, 11) is 2.18. The van der Waals surface area contributed by atoms with Gasteiger partial charge in [0.25, 0.3) is 0 Å². The fraction of sp³-hybridized carbons (Fsp3) is 0.632. The molecular weight excluding hydrogens is 334 g/mol. The minimum atomic E-state index is 0.149. The number of likely N-dealkylation sites (N-methyl/N-ethyl adjacent to an activating group) is 1. The molecule has 25 heavy (non-hydrogen) atoms. The van der Waals surface area contributed by atoms with Gasteiger partial charge >= 0.3 is 0 Å². The molecule has 1 unspecified atom stereocenters. The van der Waals surface area contributed by atoms with Gasteiger partial charge in [0.1, 0.15) is 11.1 Å². The number of rotatable bonds is 7. The molecule has 1 aromatic rings. The van der Waals surface area contributed by atoms with Crippen molar-refractivity contribution in [2.75, 3.05) is 58.7 Å². The minimum absolute atomic E-state index is 0.149. The summed E-state index contributed by atoms with van der Waals surface area (Å²) in [5, 5.41) is 0.149. The van der Waals surface area contributed by atoms with E-state index in [-0.39, 0.29) is 11.3 Å². The normalized spacial score (nSPS) is 22.6. The van der Waals surface area contributed by atoms with Gasteiger partial charge in [0, 0.05) is 32.7 Å². The third kappa shape index (κ3) is 4.90. The zero-order chi connectivity index (χ0) is 17.6. The second-order valence-electron chi connectivity index (χ2n) is 6.75. The lowest BCUT2D eigenvalue weighted by atomic mass is 10.2. The molecule has 138 valence electrons. The van der Waals surface area contributed by atoms with E-state index < -0.39 is 0 Å². The molecule has 1 aromatic carbocycles. The largest absolute Gasteiger partial charge is 0.494 e. The molecule has 0 spiro atoms. The molecular formula is C19H29N3O2S. The van der Waals surface area contributed by atoms with Gasteiger partial charge in [-0.3, -0.25) is 4.79 Å². The molecule has 2 heterocycles. The number of amides is 1. The van der Waals surface area contributed by atoms with E-state index in [9.17, 15) is 4.79 Å². The van der Waals surface area contributed by atoms with Crippen molar-refractivity contribution < 1.29 is 9.53 Å². The summed E-state index contributed by atoms with van der Waals surface area (Å²) in [6.45, 7) is 9.16. The molecule has 0 bridgehead atoms. The van der Waals surface area contributed by atoms with Crippen LogP contribution < -0.4 is 4.74 Å². The number of carbonyl (C=O) groups is 1. The van der Waals surface area contributed by atoms with Gasteiger partial charge in [0.15, 0.2) is 0 Å². The highest BCUT2D eigenvalue weighted by Gasteiger charge is 2.32. The lowest BCUT2D eigenvalue weighted by Crippen LogP contribution is -2.45. The molecule has 1 atom stereocenters. The standard InChI is InChI=1S/C19H29N3O2S/c1-3-24-17-7-5-16(6-8-17)19-22(18(23)15-25-19)10-4-9-21-13-11-20(2)12-14-21/h5-8,19H,3-4,9-15H2,1-2H3. The Balaban J connectivity index is 1.52. The molecule has 0 radical (unpaired) electrons. The van der Waals surface area contributed by atoms with Gasteiger partial charge < -0.3 is 19.4 Å². The number of hydrogen-bond donors (Lipinski definition) is 0. The van der Waals surface area contributed by atoms with E-state index in [1.165, 1.54) is 5.56 Å². The van der Waals surface area contributed by atoms with Crippen LogP contribution in [0.3, 0.4) is 0 Å². The first-order valence-electron chi connectivity index (χ1n) is 9.22. The van der Waals surface area contributed by atoms with Crippen molar-refractivity contribution in [3.05, 3.63) is 29.8 Å². The number of hydrogen-bond acceptors (Lipinski definition) is 5. The summed E-state index contributed by atoms with van der Waals surface area (Å²) in [5.74, 6) is 1.75. The third-order valence-corrected chi connectivity index (χ3v) is 6.17. The lowest BCUT2D eigenvalue weighted by molar-refractivity contribution is -0.128. The Morgan fingerprint density at radius 3 is 2.52 bits per heavy atom. The van der Waals surface area contributed by atoms with E-state index in [0.29, 0.717) is 12.4 Å². The number of ether oxygens (including phenoxy) is 1. The van der Waals surface area contributed by atoms with Crippen molar-refractivity contribution in [2.24, 2.45) is 0 Å². The fourth-order valence-corrected chi connectivity index (χ4v) is 4.62. The van der Waals surface area contributed by atoms with Crippen LogP contribution in [0.15, 0.2) is 24.3 Å². The second kappa shape index (κ2) is 8.92. The maximum Gasteiger partial charge on any atom is 0.233 e. The number of benzene rings is 1. The average Bonchev–Trinajstić information content (AvgIpc) is 2.99. The Bertz CT molecular complexity index is 558. The summed E-state index contributed by atoms with van der Waals surface area (Å²) >= 11 is 1.73. The van der Waals surface area contributed by atoms with Gasteiger partial charge in [-0.1, -0.05) is 12.1 Å². The third-order valence-electron chi connectivity index (χ3n) is 4.91. The molecule has 0 aromatic heterocycles. The molecule has 0 saturated carbocycles. The number of thioether (sulfide) groups is 1. The quantitative estimate of drug-likeness (QED) is 0.743. The summed E-state index contributed by atoms with van der Waals surface area (Å²) in [5.41, 5.74) is 1.19.